The van der Waals surface area contributed by atoms with Gasteiger partial charge < -0.3 is 9.84 Å². The maximum atomic E-state index is 10.7. The molecule has 3 nitrogen and oxygen atoms in total. The summed E-state index contributed by atoms with van der Waals surface area (Å²) in [6.07, 6.45) is 2.28. The fraction of sp³-hybridized carbons (Fsp3) is 0.625. The monoisotopic (exact) mass is 158 g/mol. The van der Waals surface area contributed by atoms with Crippen LogP contribution in [0.5, 0.6) is 0 Å². The number of esters is 1. The normalized spacial score (nSPS) is 12.2. The SMILES string of the molecule is C=COC(=O)C(O)CCCC. The molecule has 0 radical (unpaired) electrons. The van der Waals surface area contributed by atoms with Crippen molar-refractivity contribution < 1.29 is 14.6 Å². The molecule has 0 aromatic carbocycles. The van der Waals surface area contributed by atoms with Crippen molar-refractivity contribution in [2.45, 2.75) is 32.3 Å². The Morgan fingerprint density at radius 3 is 2.91 bits per heavy atom. The Hall–Kier alpha value is -0.830. The van der Waals surface area contributed by atoms with Crippen LogP contribution in [0.1, 0.15) is 26.2 Å². The number of aliphatic hydroxyl groups excluding tert-OH is 1. The average molecular weight is 158 g/mol. The summed E-state index contributed by atoms with van der Waals surface area (Å²) < 4.78 is 4.38. The van der Waals surface area contributed by atoms with Crippen LogP contribution in [0.4, 0.5) is 0 Å². The van der Waals surface area contributed by atoms with Crippen LogP contribution in [0.3, 0.4) is 0 Å². The molecule has 0 spiro atoms. The molecule has 0 aliphatic carbocycles. The fourth-order valence-corrected chi connectivity index (χ4v) is 0.676. The van der Waals surface area contributed by atoms with E-state index in [1.165, 1.54) is 0 Å². The van der Waals surface area contributed by atoms with Gasteiger partial charge in [-0.25, -0.2) is 4.79 Å². The van der Waals surface area contributed by atoms with Gasteiger partial charge in [-0.15, -0.1) is 0 Å². The topological polar surface area (TPSA) is 46.5 Å². The molecule has 0 aromatic heterocycles. The number of ether oxygens (including phenoxy) is 1. The number of unbranched alkanes of at least 4 members (excludes halogenated alkanes) is 1. The van der Waals surface area contributed by atoms with Crippen molar-refractivity contribution >= 4 is 5.97 Å². The molecule has 0 amide bonds. The smallest absolute Gasteiger partial charge is 0.339 e. The van der Waals surface area contributed by atoms with E-state index in [0.29, 0.717) is 6.42 Å². The zero-order chi connectivity index (χ0) is 8.69. The molecule has 0 rings (SSSR count). The van der Waals surface area contributed by atoms with Crippen LogP contribution in [0.25, 0.3) is 0 Å². The summed E-state index contributed by atoms with van der Waals surface area (Å²) >= 11 is 0. The number of aliphatic hydroxyl groups is 1. The van der Waals surface area contributed by atoms with Crippen LogP contribution < -0.4 is 0 Å². The summed E-state index contributed by atoms with van der Waals surface area (Å²) in [6.45, 7) is 5.20. The van der Waals surface area contributed by atoms with Gasteiger partial charge in [0, 0.05) is 0 Å². The van der Waals surface area contributed by atoms with Gasteiger partial charge in [-0.1, -0.05) is 26.3 Å². The van der Waals surface area contributed by atoms with Crippen molar-refractivity contribution in [1.29, 1.82) is 0 Å². The third-order valence-corrected chi connectivity index (χ3v) is 1.30. The Balaban J connectivity index is 3.54. The molecular weight excluding hydrogens is 144 g/mol. The lowest BCUT2D eigenvalue weighted by molar-refractivity contribution is -0.147. The Morgan fingerprint density at radius 2 is 2.45 bits per heavy atom. The van der Waals surface area contributed by atoms with Crippen LogP contribution in [0.2, 0.25) is 0 Å². The second kappa shape index (κ2) is 5.92. The summed E-state index contributed by atoms with van der Waals surface area (Å²) in [7, 11) is 0. The zero-order valence-corrected chi connectivity index (χ0v) is 6.75. The van der Waals surface area contributed by atoms with Crippen molar-refractivity contribution in [3.8, 4) is 0 Å². The van der Waals surface area contributed by atoms with Crippen molar-refractivity contribution in [3.05, 3.63) is 12.8 Å². The van der Waals surface area contributed by atoms with E-state index in [1.54, 1.807) is 0 Å². The van der Waals surface area contributed by atoms with Crippen LogP contribution in [-0.2, 0) is 9.53 Å². The first kappa shape index (κ1) is 10.2. The molecular formula is C8H14O3. The molecule has 1 atom stereocenters. The second-order valence-electron chi connectivity index (χ2n) is 2.26. The number of carbonyl (C=O) groups excluding carboxylic acids is 1. The van der Waals surface area contributed by atoms with Gasteiger partial charge in [-0.2, -0.15) is 0 Å². The molecule has 0 aromatic rings. The highest BCUT2D eigenvalue weighted by Gasteiger charge is 2.13. The van der Waals surface area contributed by atoms with Crippen molar-refractivity contribution in [2.75, 3.05) is 0 Å². The summed E-state index contributed by atoms with van der Waals surface area (Å²) in [5, 5.41) is 9.06. The van der Waals surface area contributed by atoms with Gasteiger partial charge in [0.15, 0.2) is 6.10 Å². The Morgan fingerprint density at radius 1 is 1.82 bits per heavy atom. The molecule has 0 aliphatic heterocycles. The molecule has 1 unspecified atom stereocenters. The van der Waals surface area contributed by atoms with E-state index < -0.39 is 12.1 Å². The fourth-order valence-electron chi connectivity index (χ4n) is 0.676. The molecule has 0 heterocycles. The Kier molecular flexibility index (Phi) is 5.47. The quantitative estimate of drug-likeness (QED) is 0.483. The molecule has 0 saturated heterocycles. The van der Waals surface area contributed by atoms with Crippen molar-refractivity contribution in [3.63, 3.8) is 0 Å². The highest BCUT2D eigenvalue weighted by molar-refractivity contribution is 5.74. The highest BCUT2D eigenvalue weighted by Crippen LogP contribution is 2.01. The number of rotatable bonds is 5. The third kappa shape index (κ3) is 4.56. The van der Waals surface area contributed by atoms with Gasteiger partial charge in [0.05, 0.1) is 6.26 Å². The van der Waals surface area contributed by atoms with Crippen LogP contribution in [0, 0.1) is 0 Å². The van der Waals surface area contributed by atoms with E-state index >= 15 is 0 Å². The summed E-state index contributed by atoms with van der Waals surface area (Å²) in [4.78, 5) is 10.7. The van der Waals surface area contributed by atoms with Gasteiger partial charge in [-0.3, -0.25) is 0 Å². The second-order valence-corrected chi connectivity index (χ2v) is 2.26. The molecule has 0 aliphatic rings. The summed E-state index contributed by atoms with van der Waals surface area (Å²) in [6, 6.07) is 0. The van der Waals surface area contributed by atoms with E-state index in [9.17, 15) is 4.79 Å². The lowest BCUT2D eigenvalue weighted by Gasteiger charge is -2.05. The average Bonchev–Trinajstić information content (AvgIpc) is 2.00. The summed E-state index contributed by atoms with van der Waals surface area (Å²) in [5.41, 5.74) is 0. The van der Waals surface area contributed by atoms with Crippen molar-refractivity contribution in [1.82, 2.24) is 0 Å². The number of hydrogen-bond acceptors (Lipinski definition) is 3. The lowest BCUT2D eigenvalue weighted by atomic mass is 10.2. The maximum Gasteiger partial charge on any atom is 0.339 e. The van der Waals surface area contributed by atoms with Crippen molar-refractivity contribution in [2.24, 2.45) is 0 Å². The minimum Gasteiger partial charge on any atom is -0.433 e. The van der Waals surface area contributed by atoms with Gasteiger partial charge in [0.2, 0.25) is 0 Å². The predicted octanol–water partition coefficient (Wildman–Crippen LogP) is 1.22. The summed E-state index contributed by atoms with van der Waals surface area (Å²) in [5.74, 6) is -0.617. The highest BCUT2D eigenvalue weighted by atomic mass is 16.5. The first-order valence-corrected chi connectivity index (χ1v) is 3.71. The van der Waals surface area contributed by atoms with Gasteiger partial charge in [0.1, 0.15) is 0 Å². The minimum atomic E-state index is -0.993. The van der Waals surface area contributed by atoms with E-state index in [4.69, 9.17) is 5.11 Å². The van der Waals surface area contributed by atoms with Gasteiger partial charge in [-0.05, 0) is 6.42 Å². The van der Waals surface area contributed by atoms with Gasteiger partial charge in [0.25, 0.3) is 0 Å². The Labute approximate surface area is 66.7 Å². The minimum absolute atomic E-state index is 0.461. The van der Waals surface area contributed by atoms with E-state index in [-0.39, 0.29) is 0 Å². The van der Waals surface area contributed by atoms with Gasteiger partial charge >= 0.3 is 5.97 Å². The molecule has 64 valence electrons. The first-order valence-electron chi connectivity index (χ1n) is 3.71. The molecule has 11 heavy (non-hydrogen) atoms. The van der Waals surface area contributed by atoms with E-state index in [2.05, 4.69) is 11.3 Å². The molecule has 0 bridgehead atoms. The molecule has 0 fully saturated rings. The van der Waals surface area contributed by atoms with Crippen LogP contribution >= 0.6 is 0 Å². The van der Waals surface area contributed by atoms with Crippen LogP contribution in [-0.4, -0.2) is 17.2 Å². The molecule has 1 N–H and O–H groups in total. The lowest BCUT2D eigenvalue weighted by Crippen LogP contribution is -2.20. The standard InChI is InChI=1S/C8H14O3/c1-3-5-6-7(9)8(10)11-4-2/h4,7,9H,2-3,5-6H2,1H3. The number of hydrogen-bond donors (Lipinski definition) is 1. The van der Waals surface area contributed by atoms with E-state index in [0.717, 1.165) is 19.1 Å². The third-order valence-electron chi connectivity index (χ3n) is 1.30. The molecule has 3 heteroatoms. The molecule has 0 saturated carbocycles. The van der Waals surface area contributed by atoms with E-state index in [1.807, 2.05) is 6.92 Å². The predicted molar refractivity (Wildman–Crippen MR) is 41.8 cm³/mol. The number of carbonyl (C=O) groups is 1. The van der Waals surface area contributed by atoms with Crippen LogP contribution in [0.15, 0.2) is 12.8 Å². The Bertz CT molecular complexity index is 131. The zero-order valence-electron chi connectivity index (χ0n) is 6.75. The first-order chi connectivity index (χ1) is 5.22. The maximum absolute atomic E-state index is 10.7. The largest absolute Gasteiger partial charge is 0.433 e.